The fourth-order valence-electron chi connectivity index (χ4n) is 2.07. The zero-order valence-electron chi connectivity index (χ0n) is 11.1. The Labute approximate surface area is 114 Å². The summed E-state index contributed by atoms with van der Waals surface area (Å²) >= 11 is 4.48. The molecule has 0 amide bonds. The van der Waals surface area contributed by atoms with Gasteiger partial charge in [-0.3, -0.25) is 4.68 Å². The highest BCUT2D eigenvalue weighted by Crippen LogP contribution is 2.32. The van der Waals surface area contributed by atoms with E-state index in [2.05, 4.69) is 31.6 Å². The average Bonchev–Trinajstić information content (AvgIpc) is 2.87. The predicted octanol–water partition coefficient (Wildman–Crippen LogP) is 2.57. The quantitative estimate of drug-likeness (QED) is 0.835. The average molecular weight is 270 g/mol. The van der Waals surface area contributed by atoms with Crippen LogP contribution >= 0.6 is 12.6 Å². The maximum absolute atomic E-state index is 5.88. The highest BCUT2D eigenvalue weighted by molar-refractivity contribution is 7.80. The fourth-order valence-corrected chi connectivity index (χ4v) is 2.47. The molecule has 0 N–H and O–H groups in total. The Hall–Kier alpha value is -0.680. The molecule has 2 rings (SSSR count). The van der Waals surface area contributed by atoms with Crippen LogP contribution in [0, 0.1) is 5.41 Å². The third-order valence-corrected chi connectivity index (χ3v) is 4.21. The van der Waals surface area contributed by atoms with Crippen LogP contribution in [-0.4, -0.2) is 35.4 Å². The second kappa shape index (κ2) is 5.97. The van der Waals surface area contributed by atoms with Gasteiger partial charge in [-0.15, -0.1) is 0 Å². The SMILES string of the molecule is CC(C)n1cc(OCC2(CS)CCOCC2)cn1. The number of hydrogen-bond donors (Lipinski definition) is 1. The van der Waals surface area contributed by atoms with E-state index in [0.717, 1.165) is 37.6 Å². The minimum atomic E-state index is 0.154. The van der Waals surface area contributed by atoms with Crippen molar-refractivity contribution in [3.05, 3.63) is 12.4 Å². The molecule has 1 aromatic heterocycles. The molecule has 0 unspecified atom stereocenters. The van der Waals surface area contributed by atoms with E-state index in [1.165, 1.54) is 0 Å². The zero-order chi connectivity index (χ0) is 13.0. The van der Waals surface area contributed by atoms with Crippen LogP contribution in [0.5, 0.6) is 5.75 Å². The second-order valence-corrected chi connectivity index (χ2v) is 5.63. The van der Waals surface area contributed by atoms with E-state index in [9.17, 15) is 0 Å². The summed E-state index contributed by atoms with van der Waals surface area (Å²) in [5.74, 6) is 1.69. The first kappa shape index (κ1) is 13.7. The summed E-state index contributed by atoms with van der Waals surface area (Å²) in [5, 5.41) is 4.28. The molecule has 102 valence electrons. The molecule has 0 saturated carbocycles. The lowest BCUT2D eigenvalue weighted by atomic mass is 9.83. The van der Waals surface area contributed by atoms with Crippen LogP contribution in [0.1, 0.15) is 32.7 Å². The van der Waals surface area contributed by atoms with Gasteiger partial charge in [-0.1, -0.05) is 0 Å². The summed E-state index contributed by atoms with van der Waals surface area (Å²) in [5.41, 5.74) is 0.154. The molecule has 0 aliphatic carbocycles. The largest absolute Gasteiger partial charge is 0.490 e. The van der Waals surface area contributed by atoms with Gasteiger partial charge in [0, 0.05) is 24.7 Å². The maximum Gasteiger partial charge on any atom is 0.157 e. The molecule has 1 aromatic rings. The topological polar surface area (TPSA) is 36.3 Å². The second-order valence-electron chi connectivity index (χ2n) is 5.31. The predicted molar refractivity (Wildman–Crippen MR) is 74.4 cm³/mol. The Morgan fingerprint density at radius 2 is 2.22 bits per heavy atom. The van der Waals surface area contributed by atoms with Crippen molar-refractivity contribution in [3.8, 4) is 5.75 Å². The third kappa shape index (κ3) is 3.20. The Bertz CT molecular complexity index is 373. The lowest BCUT2D eigenvalue weighted by molar-refractivity contribution is 0.00309. The lowest BCUT2D eigenvalue weighted by Crippen LogP contribution is -2.36. The van der Waals surface area contributed by atoms with Crippen LogP contribution in [0.25, 0.3) is 0 Å². The minimum absolute atomic E-state index is 0.154. The van der Waals surface area contributed by atoms with Crippen LogP contribution in [0.4, 0.5) is 0 Å². The van der Waals surface area contributed by atoms with Crippen LogP contribution in [0.2, 0.25) is 0 Å². The number of aromatic nitrogens is 2. The Morgan fingerprint density at radius 1 is 1.50 bits per heavy atom. The van der Waals surface area contributed by atoms with Gasteiger partial charge in [-0.25, -0.2) is 0 Å². The summed E-state index contributed by atoms with van der Waals surface area (Å²) in [6.45, 7) is 6.53. The summed E-state index contributed by atoms with van der Waals surface area (Å²) < 4.78 is 13.2. The lowest BCUT2D eigenvalue weighted by Gasteiger charge is -2.35. The van der Waals surface area contributed by atoms with E-state index < -0.39 is 0 Å². The van der Waals surface area contributed by atoms with E-state index in [-0.39, 0.29) is 5.41 Å². The normalized spacial score (nSPS) is 19.1. The molecule has 0 bridgehead atoms. The summed E-state index contributed by atoms with van der Waals surface area (Å²) in [6.07, 6.45) is 5.78. The third-order valence-electron chi connectivity index (χ3n) is 3.54. The Balaban J connectivity index is 1.92. The smallest absolute Gasteiger partial charge is 0.157 e. The van der Waals surface area contributed by atoms with Crippen LogP contribution in [0.15, 0.2) is 12.4 Å². The maximum atomic E-state index is 5.88. The molecule has 18 heavy (non-hydrogen) atoms. The number of thiol groups is 1. The van der Waals surface area contributed by atoms with E-state index >= 15 is 0 Å². The fraction of sp³-hybridized carbons (Fsp3) is 0.769. The van der Waals surface area contributed by atoms with Gasteiger partial charge in [-0.2, -0.15) is 17.7 Å². The molecule has 0 radical (unpaired) electrons. The van der Waals surface area contributed by atoms with Crippen molar-refractivity contribution >= 4 is 12.6 Å². The summed E-state index contributed by atoms with van der Waals surface area (Å²) in [6, 6.07) is 0.365. The van der Waals surface area contributed by atoms with Gasteiger partial charge in [-0.05, 0) is 32.4 Å². The van der Waals surface area contributed by atoms with Gasteiger partial charge < -0.3 is 9.47 Å². The first-order valence-electron chi connectivity index (χ1n) is 6.51. The molecular weight excluding hydrogens is 248 g/mol. The molecule has 2 heterocycles. The van der Waals surface area contributed by atoms with Gasteiger partial charge in [0.15, 0.2) is 5.75 Å². The molecule has 0 spiro atoms. The Morgan fingerprint density at radius 3 is 2.78 bits per heavy atom. The van der Waals surface area contributed by atoms with Gasteiger partial charge in [0.05, 0.1) is 19.0 Å². The monoisotopic (exact) mass is 270 g/mol. The molecular formula is C13H22N2O2S. The van der Waals surface area contributed by atoms with Crippen molar-refractivity contribution in [1.82, 2.24) is 9.78 Å². The summed E-state index contributed by atoms with van der Waals surface area (Å²) in [4.78, 5) is 0. The molecule has 1 aliphatic rings. The van der Waals surface area contributed by atoms with Crippen molar-refractivity contribution in [3.63, 3.8) is 0 Å². The number of hydrogen-bond acceptors (Lipinski definition) is 4. The van der Waals surface area contributed by atoms with Crippen LogP contribution < -0.4 is 4.74 Å². The first-order valence-corrected chi connectivity index (χ1v) is 7.14. The molecule has 1 saturated heterocycles. The van der Waals surface area contributed by atoms with Crippen molar-refractivity contribution in [2.24, 2.45) is 5.41 Å². The molecule has 5 heteroatoms. The molecule has 1 fully saturated rings. The molecule has 0 aromatic carbocycles. The highest BCUT2D eigenvalue weighted by Gasteiger charge is 2.32. The Kier molecular flexibility index (Phi) is 4.56. The minimum Gasteiger partial charge on any atom is -0.490 e. The number of ether oxygens (including phenoxy) is 2. The van der Waals surface area contributed by atoms with E-state index in [1.807, 2.05) is 10.9 Å². The zero-order valence-corrected chi connectivity index (χ0v) is 12.0. The molecule has 0 atom stereocenters. The number of nitrogens with zero attached hydrogens (tertiary/aromatic N) is 2. The van der Waals surface area contributed by atoms with Crippen LogP contribution in [-0.2, 0) is 4.74 Å². The van der Waals surface area contributed by atoms with Gasteiger partial charge in [0.1, 0.15) is 0 Å². The van der Waals surface area contributed by atoms with Gasteiger partial charge in [0.25, 0.3) is 0 Å². The van der Waals surface area contributed by atoms with Gasteiger partial charge >= 0.3 is 0 Å². The standard InChI is InChI=1S/C13H22N2O2S/c1-11(2)15-8-12(7-14-15)17-9-13(10-18)3-5-16-6-4-13/h7-8,11,18H,3-6,9-10H2,1-2H3. The first-order chi connectivity index (χ1) is 8.65. The summed E-state index contributed by atoms with van der Waals surface area (Å²) in [7, 11) is 0. The van der Waals surface area contributed by atoms with E-state index in [4.69, 9.17) is 9.47 Å². The molecule has 4 nitrogen and oxygen atoms in total. The van der Waals surface area contributed by atoms with Crippen LogP contribution in [0.3, 0.4) is 0 Å². The van der Waals surface area contributed by atoms with Crippen molar-refractivity contribution in [2.75, 3.05) is 25.6 Å². The van der Waals surface area contributed by atoms with Crippen molar-refractivity contribution < 1.29 is 9.47 Å². The molecule has 1 aliphatic heterocycles. The van der Waals surface area contributed by atoms with Crippen molar-refractivity contribution in [2.45, 2.75) is 32.7 Å². The highest BCUT2D eigenvalue weighted by atomic mass is 32.1. The number of rotatable bonds is 5. The van der Waals surface area contributed by atoms with Crippen molar-refractivity contribution in [1.29, 1.82) is 0 Å². The van der Waals surface area contributed by atoms with Gasteiger partial charge in [0.2, 0.25) is 0 Å². The van der Waals surface area contributed by atoms with E-state index in [1.54, 1.807) is 6.20 Å². The van der Waals surface area contributed by atoms with E-state index in [0.29, 0.717) is 12.6 Å².